The van der Waals surface area contributed by atoms with Crippen LogP contribution in [-0.4, -0.2) is 41.8 Å². The third kappa shape index (κ3) is 4.80. The van der Waals surface area contributed by atoms with E-state index in [-0.39, 0.29) is 27.0 Å². The number of hydrogen-bond acceptors (Lipinski definition) is 6. The van der Waals surface area contributed by atoms with Crippen molar-refractivity contribution in [2.75, 3.05) is 22.8 Å². The highest BCUT2D eigenvalue weighted by atomic mass is 35.5. The van der Waals surface area contributed by atoms with Gasteiger partial charge in [0.1, 0.15) is 11.1 Å². The lowest BCUT2D eigenvalue weighted by atomic mass is 9.98. The van der Waals surface area contributed by atoms with E-state index in [1.54, 1.807) is 36.5 Å². The number of halogens is 2. The summed E-state index contributed by atoms with van der Waals surface area (Å²) < 4.78 is 46.6. The van der Waals surface area contributed by atoms with Gasteiger partial charge in [0.2, 0.25) is 10.0 Å². The lowest BCUT2D eigenvalue weighted by Crippen LogP contribution is -2.40. The van der Waals surface area contributed by atoms with Gasteiger partial charge in [0.05, 0.1) is 27.0 Å². The van der Waals surface area contributed by atoms with E-state index in [2.05, 4.69) is 4.72 Å². The first-order chi connectivity index (χ1) is 13.3. The normalized spacial score (nSPS) is 21.8. The lowest BCUT2D eigenvalue weighted by Gasteiger charge is -2.39. The average Bonchev–Trinajstić information content (AvgIpc) is 2.64. The van der Waals surface area contributed by atoms with Crippen LogP contribution in [0.15, 0.2) is 29.8 Å². The number of ether oxygens (including phenoxy) is 1. The van der Waals surface area contributed by atoms with Gasteiger partial charge in [0.25, 0.3) is 0 Å². The van der Waals surface area contributed by atoms with Crippen LogP contribution >= 0.6 is 35.1 Å². The van der Waals surface area contributed by atoms with Crippen molar-refractivity contribution < 1.29 is 22.3 Å². The Morgan fingerprint density at radius 1 is 1.39 bits per heavy atom. The Labute approximate surface area is 177 Å². The Morgan fingerprint density at radius 3 is 2.75 bits per heavy atom. The van der Waals surface area contributed by atoms with Crippen LogP contribution in [-0.2, 0) is 19.6 Å². The molecule has 1 unspecified atom stereocenters. The number of hydrogen-bond donors (Lipinski definition) is 1. The van der Waals surface area contributed by atoms with E-state index in [4.69, 9.17) is 16.3 Å². The minimum atomic E-state index is -3.98. The van der Waals surface area contributed by atoms with Gasteiger partial charge < -0.3 is 4.74 Å². The molecule has 0 aromatic heterocycles. The molecule has 1 heterocycles. The summed E-state index contributed by atoms with van der Waals surface area (Å²) >= 11 is 9.45. The molecule has 1 aliphatic carbocycles. The number of sulfonamides is 1. The van der Waals surface area contributed by atoms with E-state index in [9.17, 15) is 17.6 Å². The van der Waals surface area contributed by atoms with E-state index in [0.717, 1.165) is 30.1 Å². The summed E-state index contributed by atoms with van der Waals surface area (Å²) in [6, 6.07) is 3.42. The van der Waals surface area contributed by atoms with Gasteiger partial charge in [-0.3, -0.25) is 4.72 Å². The molecule has 1 aromatic carbocycles. The molecule has 1 aromatic rings. The standard InChI is InChI=1S/C18H21ClFNO4S3/c1-2-25-17(22)13-11-18(26-8-3-9-27-18)7-6-16(13)28(23,24)21-15-5-4-12(20)10-14(15)19/h4-5,10-11,16,21H,2-3,6-9H2,1H3. The molecule has 0 amide bonds. The van der Waals surface area contributed by atoms with Crippen molar-refractivity contribution in [2.24, 2.45) is 0 Å². The van der Waals surface area contributed by atoms with E-state index in [1.165, 1.54) is 6.07 Å². The Hall–Kier alpha value is -0.900. The van der Waals surface area contributed by atoms with Crippen molar-refractivity contribution in [3.05, 3.63) is 40.7 Å². The molecule has 1 aliphatic heterocycles. The fraction of sp³-hybridized carbons (Fsp3) is 0.500. The summed E-state index contributed by atoms with van der Waals surface area (Å²) in [4.78, 5) is 12.6. The van der Waals surface area contributed by atoms with E-state index in [0.29, 0.717) is 12.8 Å². The van der Waals surface area contributed by atoms with E-state index < -0.39 is 27.1 Å². The van der Waals surface area contributed by atoms with Crippen molar-refractivity contribution in [2.45, 2.75) is 35.5 Å². The van der Waals surface area contributed by atoms with Gasteiger partial charge in [-0.1, -0.05) is 11.6 Å². The lowest BCUT2D eigenvalue weighted by molar-refractivity contribution is -0.138. The van der Waals surface area contributed by atoms with Crippen LogP contribution in [0.5, 0.6) is 0 Å². The van der Waals surface area contributed by atoms with Gasteiger partial charge in [0, 0.05) is 0 Å². The average molecular weight is 466 g/mol. The molecule has 5 nitrogen and oxygen atoms in total. The second-order valence-corrected chi connectivity index (χ2v) is 11.9. The minimum Gasteiger partial charge on any atom is -0.463 e. The first-order valence-corrected chi connectivity index (χ1v) is 12.8. The maximum absolute atomic E-state index is 13.3. The monoisotopic (exact) mass is 465 g/mol. The third-order valence-electron chi connectivity index (χ3n) is 4.53. The van der Waals surface area contributed by atoms with Crippen LogP contribution in [0.25, 0.3) is 0 Å². The second-order valence-electron chi connectivity index (χ2n) is 6.48. The summed E-state index contributed by atoms with van der Waals surface area (Å²) in [6.07, 6.45) is 3.79. The maximum atomic E-state index is 13.3. The van der Waals surface area contributed by atoms with Gasteiger partial charge in [-0.25, -0.2) is 17.6 Å². The molecule has 1 saturated heterocycles. The van der Waals surface area contributed by atoms with Crippen molar-refractivity contribution in [1.82, 2.24) is 0 Å². The summed E-state index contributed by atoms with van der Waals surface area (Å²) in [7, 11) is -3.98. The minimum absolute atomic E-state index is 0.0455. The zero-order valence-electron chi connectivity index (χ0n) is 15.2. The molecule has 2 aliphatic rings. The van der Waals surface area contributed by atoms with Crippen molar-refractivity contribution in [1.29, 1.82) is 0 Å². The summed E-state index contributed by atoms with van der Waals surface area (Å²) in [5.74, 6) is 0.765. The molecule has 0 saturated carbocycles. The zero-order valence-corrected chi connectivity index (χ0v) is 18.4. The van der Waals surface area contributed by atoms with Gasteiger partial charge >= 0.3 is 5.97 Å². The molecule has 0 radical (unpaired) electrons. The fourth-order valence-corrected chi connectivity index (χ4v) is 8.29. The highest BCUT2D eigenvalue weighted by Gasteiger charge is 2.44. The Bertz CT molecular complexity index is 885. The predicted octanol–water partition coefficient (Wildman–Crippen LogP) is 4.44. The molecule has 1 spiro atoms. The van der Waals surface area contributed by atoms with Gasteiger partial charge in [0.15, 0.2) is 0 Å². The largest absolute Gasteiger partial charge is 0.463 e. The molecule has 1 fully saturated rings. The number of carbonyl (C=O) groups excluding carboxylic acids is 1. The number of benzene rings is 1. The smallest absolute Gasteiger partial charge is 0.335 e. The Balaban J connectivity index is 1.93. The van der Waals surface area contributed by atoms with E-state index in [1.807, 2.05) is 0 Å². The maximum Gasteiger partial charge on any atom is 0.335 e. The van der Waals surface area contributed by atoms with Gasteiger partial charge in [-0.2, -0.15) is 0 Å². The molecule has 1 atom stereocenters. The molecule has 28 heavy (non-hydrogen) atoms. The SMILES string of the molecule is CCOC(=O)C1=CC2(CCC1S(=O)(=O)Nc1ccc(F)cc1Cl)SCCCS2. The van der Waals surface area contributed by atoms with Crippen molar-refractivity contribution >= 4 is 56.8 Å². The molecule has 0 bridgehead atoms. The first-order valence-electron chi connectivity index (χ1n) is 8.91. The second kappa shape index (κ2) is 8.85. The molecule has 154 valence electrons. The van der Waals surface area contributed by atoms with Crippen LogP contribution in [0.4, 0.5) is 10.1 Å². The molecule has 3 rings (SSSR count). The van der Waals surface area contributed by atoms with Crippen LogP contribution in [0.3, 0.4) is 0 Å². The van der Waals surface area contributed by atoms with Crippen LogP contribution in [0.1, 0.15) is 26.2 Å². The highest BCUT2D eigenvalue weighted by molar-refractivity contribution is 8.19. The summed E-state index contributed by atoms with van der Waals surface area (Å²) in [6.45, 7) is 1.84. The Morgan fingerprint density at radius 2 is 2.11 bits per heavy atom. The molecular formula is C18H21ClFNO4S3. The van der Waals surface area contributed by atoms with Crippen LogP contribution in [0.2, 0.25) is 5.02 Å². The predicted molar refractivity (Wildman–Crippen MR) is 114 cm³/mol. The van der Waals surface area contributed by atoms with Crippen molar-refractivity contribution in [3.8, 4) is 0 Å². The first kappa shape index (κ1) is 21.8. The summed E-state index contributed by atoms with van der Waals surface area (Å²) in [5, 5.41) is -1.10. The number of thioether (sulfide) groups is 2. The van der Waals surface area contributed by atoms with Gasteiger partial charge in [-0.05, 0) is 62.0 Å². The van der Waals surface area contributed by atoms with Gasteiger partial charge in [-0.15, -0.1) is 23.5 Å². The molecule has 1 N–H and O–H groups in total. The Kier molecular flexibility index (Phi) is 6.89. The van der Waals surface area contributed by atoms with E-state index >= 15 is 0 Å². The van der Waals surface area contributed by atoms with Crippen LogP contribution < -0.4 is 4.72 Å². The molecular weight excluding hydrogens is 445 g/mol. The highest BCUT2D eigenvalue weighted by Crippen LogP contribution is 2.51. The quantitative estimate of drug-likeness (QED) is 0.648. The number of esters is 1. The third-order valence-corrected chi connectivity index (χ3v) is 9.90. The van der Waals surface area contributed by atoms with Crippen LogP contribution in [0, 0.1) is 5.82 Å². The number of carbonyl (C=O) groups is 1. The summed E-state index contributed by atoms with van der Waals surface area (Å²) in [5.41, 5.74) is 0.230. The fourth-order valence-electron chi connectivity index (χ4n) is 3.23. The number of rotatable bonds is 5. The zero-order chi connectivity index (χ0) is 20.4. The number of anilines is 1. The molecule has 10 heteroatoms. The topological polar surface area (TPSA) is 72.5 Å². The van der Waals surface area contributed by atoms with Crippen molar-refractivity contribution in [3.63, 3.8) is 0 Å². The number of nitrogens with one attached hydrogen (secondary N) is 1.